The lowest BCUT2D eigenvalue weighted by molar-refractivity contribution is -0.119. The van der Waals surface area contributed by atoms with Crippen molar-refractivity contribution in [3.8, 4) is 0 Å². The van der Waals surface area contributed by atoms with Gasteiger partial charge in [-0.3, -0.25) is 4.79 Å². The van der Waals surface area contributed by atoms with Gasteiger partial charge in [0.1, 0.15) is 5.54 Å². The average molecular weight is 190 g/mol. The number of fused-ring (bicyclic) bond motifs is 1. The zero-order valence-corrected chi connectivity index (χ0v) is 8.64. The lowest BCUT2D eigenvalue weighted by Crippen LogP contribution is -2.47. The molecule has 0 saturated heterocycles. The molecule has 3 heteroatoms. The van der Waals surface area contributed by atoms with Crippen LogP contribution in [0.25, 0.3) is 0 Å². The van der Waals surface area contributed by atoms with Gasteiger partial charge in [0.25, 0.3) is 0 Å². The molecule has 1 aliphatic rings. The SMILES string of the molecule is Cc1ccc2c(c1)NC(C)(C)C(=O)N2. The molecule has 0 fully saturated rings. The molecule has 1 aromatic rings. The van der Waals surface area contributed by atoms with Crippen molar-refractivity contribution in [2.75, 3.05) is 10.6 Å². The van der Waals surface area contributed by atoms with E-state index < -0.39 is 5.54 Å². The van der Waals surface area contributed by atoms with Gasteiger partial charge in [0.2, 0.25) is 5.91 Å². The topological polar surface area (TPSA) is 41.1 Å². The summed E-state index contributed by atoms with van der Waals surface area (Å²) in [6.45, 7) is 5.77. The molecule has 1 heterocycles. The number of rotatable bonds is 0. The molecule has 0 spiro atoms. The van der Waals surface area contributed by atoms with E-state index in [-0.39, 0.29) is 5.91 Å². The van der Waals surface area contributed by atoms with Crippen molar-refractivity contribution in [2.24, 2.45) is 0 Å². The van der Waals surface area contributed by atoms with Gasteiger partial charge in [0, 0.05) is 0 Å². The van der Waals surface area contributed by atoms with E-state index in [0.717, 1.165) is 11.4 Å². The van der Waals surface area contributed by atoms with Gasteiger partial charge in [-0.1, -0.05) is 6.07 Å². The fourth-order valence-corrected chi connectivity index (χ4v) is 1.54. The Morgan fingerprint density at radius 3 is 2.64 bits per heavy atom. The van der Waals surface area contributed by atoms with E-state index in [1.807, 2.05) is 39.0 Å². The molecule has 1 amide bonds. The van der Waals surface area contributed by atoms with Crippen molar-refractivity contribution >= 4 is 17.3 Å². The summed E-state index contributed by atoms with van der Waals surface area (Å²) in [6.07, 6.45) is 0. The lowest BCUT2D eigenvalue weighted by atomic mass is 9.99. The molecule has 0 radical (unpaired) electrons. The first-order valence-corrected chi connectivity index (χ1v) is 4.69. The summed E-state index contributed by atoms with van der Waals surface area (Å²) in [5.74, 6) is 0.00820. The molecule has 0 unspecified atom stereocenters. The number of benzene rings is 1. The Morgan fingerprint density at radius 2 is 1.93 bits per heavy atom. The standard InChI is InChI=1S/C11H14N2O/c1-7-4-5-8-9(6-7)13-11(2,3)10(14)12-8/h4-6,13H,1-3H3,(H,12,14). The summed E-state index contributed by atoms with van der Waals surface area (Å²) in [6, 6.07) is 5.94. The molecule has 0 atom stereocenters. The molecule has 14 heavy (non-hydrogen) atoms. The second-order valence-electron chi connectivity index (χ2n) is 4.25. The van der Waals surface area contributed by atoms with Crippen LogP contribution in [0.4, 0.5) is 11.4 Å². The second kappa shape index (κ2) is 2.74. The van der Waals surface area contributed by atoms with Gasteiger partial charge >= 0.3 is 0 Å². The summed E-state index contributed by atoms with van der Waals surface area (Å²) < 4.78 is 0. The first-order valence-electron chi connectivity index (χ1n) is 4.69. The minimum Gasteiger partial charge on any atom is -0.370 e. The highest BCUT2D eigenvalue weighted by molar-refractivity contribution is 6.05. The van der Waals surface area contributed by atoms with E-state index >= 15 is 0 Å². The van der Waals surface area contributed by atoms with Crippen molar-refractivity contribution in [1.29, 1.82) is 0 Å². The molecular weight excluding hydrogens is 176 g/mol. The number of anilines is 2. The Labute approximate surface area is 83.5 Å². The van der Waals surface area contributed by atoms with Gasteiger partial charge < -0.3 is 10.6 Å². The third-order valence-electron chi connectivity index (χ3n) is 2.44. The Hall–Kier alpha value is -1.51. The summed E-state index contributed by atoms with van der Waals surface area (Å²) in [5, 5.41) is 6.09. The number of hydrogen-bond donors (Lipinski definition) is 2. The molecule has 0 aromatic heterocycles. The van der Waals surface area contributed by atoms with Gasteiger partial charge in [0.15, 0.2) is 0 Å². The first kappa shape index (κ1) is 9.06. The number of aryl methyl sites for hydroxylation is 1. The van der Waals surface area contributed by atoms with E-state index in [1.165, 1.54) is 5.56 Å². The van der Waals surface area contributed by atoms with Gasteiger partial charge in [0.05, 0.1) is 11.4 Å². The summed E-state index contributed by atoms with van der Waals surface area (Å²) >= 11 is 0. The van der Waals surface area contributed by atoms with Gasteiger partial charge in [-0.25, -0.2) is 0 Å². The van der Waals surface area contributed by atoms with E-state index in [0.29, 0.717) is 0 Å². The molecule has 2 rings (SSSR count). The lowest BCUT2D eigenvalue weighted by Gasteiger charge is -2.32. The molecular formula is C11H14N2O. The number of carbonyl (C=O) groups excluding carboxylic acids is 1. The van der Waals surface area contributed by atoms with Crippen LogP contribution in [0.3, 0.4) is 0 Å². The van der Waals surface area contributed by atoms with E-state index in [2.05, 4.69) is 10.6 Å². The van der Waals surface area contributed by atoms with Crippen LogP contribution in [0.15, 0.2) is 18.2 Å². The van der Waals surface area contributed by atoms with Crippen molar-refractivity contribution < 1.29 is 4.79 Å². The second-order valence-corrected chi connectivity index (χ2v) is 4.25. The van der Waals surface area contributed by atoms with Crippen molar-refractivity contribution in [2.45, 2.75) is 26.3 Å². The largest absolute Gasteiger partial charge is 0.370 e. The van der Waals surface area contributed by atoms with E-state index in [4.69, 9.17) is 0 Å². The summed E-state index contributed by atoms with van der Waals surface area (Å²) in [5.41, 5.74) is 2.51. The first-order chi connectivity index (χ1) is 6.49. The fraction of sp³-hybridized carbons (Fsp3) is 0.364. The quantitative estimate of drug-likeness (QED) is 0.658. The van der Waals surface area contributed by atoms with Crippen LogP contribution in [0.5, 0.6) is 0 Å². The normalized spacial score (nSPS) is 18.1. The molecule has 0 aliphatic carbocycles. The summed E-state index contributed by atoms with van der Waals surface area (Å²) in [7, 11) is 0. The van der Waals surface area contributed by atoms with Crippen LogP contribution < -0.4 is 10.6 Å². The van der Waals surface area contributed by atoms with Crippen LogP contribution in [0.2, 0.25) is 0 Å². The number of carbonyl (C=O) groups is 1. The fourth-order valence-electron chi connectivity index (χ4n) is 1.54. The molecule has 0 saturated carbocycles. The van der Waals surface area contributed by atoms with Crippen LogP contribution in [-0.2, 0) is 4.79 Å². The Kier molecular flexibility index (Phi) is 1.77. The predicted molar refractivity (Wildman–Crippen MR) is 57.5 cm³/mol. The maximum atomic E-state index is 11.6. The van der Waals surface area contributed by atoms with E-state index in [1.54, 1.807) is 0 Å². The minimum atomic E-state index is -0.527. The molecule has 74 valence electrons. The zero-order chi connectivity index (χ0) is 10.3. The van der Waals surface area contributed by atoms with Crippen LogP contribution in [0, 0.1) is 6.92 Å². The smallest absolute Gasteiger partial charge is 0.249 e. The Balaban J connectivity index is 2.46. The van der Waals surface area contributed by atoms with Gasteiger partial charge in [-0.2, -0.15) is 0 Å². The number of hydrogen-bond acceptors (Lipinski definition) is 2. The van der Waals surface area contributed by atoms with Crippen LogP contribution >= 0.6 is 0 Å². The van der Waals surface area contributed by atoms with Gasteiger partial charge in [-0.15, -0.1) is 0 Å². The summed E-state index contributed by atoms with van der Waals surface area (Å²) in [4.78, 5) is 11.6. The Bertz CT molecular complexity index is 396. The van der Waals surface area contributed by atoms with Crippen molar-refractivity contribution in [3.05, 3.63) is 23.8 Å². The average Bonchev–Trinajstić information content (AvgIpc) is 2.07. The van der Waals surface area contributed by atoms with Crippen molar-refractivity contribution in [1.82, 2.24) is 0 Å². The molecule has 0 bridgehead atoms. The predicted octanol–water partition coefficient (Wildman–Crippen LogP) is 2.14. The highest BCUT2D eigenvalue weighted by Gasteiger charge is 2.32. The molecule has 3 nitrogen and oxygen atoms in total. The number of nitrogens with one attached hydrogen (secondary N) is 2. The Morgan fingerprint density at radius 1 is 1.21 bits per heavy atom. The van der Waals surface area contributed by atoms with Gasteiger partial charge in [-0.05, 0) is 38.5 Å². The van der Waals surface area contributed by atoms with E-state index in [9.17, 15) is 4.79 Å². The maximum absolute atomic E-state index is 11.6. The molecule has 1 aliphatic heterocycles. The van der Waals surface area contributed by atoms with Crippen LogP contribution in [0.1, 0.15) is 19.4 Å². The minimum absolute atomic E-state index is 0.00820. The number of amides is 1. The highest BCUT2D eigenvalue weighted by atomic mass is 16.2. The molecule has 2 N–H and O–H groups in total. The van der Waals surface area contributed by atoms with Crippen molar-refractivity contribution in [3.63, 3.8) is 0 Å². The maximum Gasteiger partial charge on any atom is 0.249 e. The third-order valence-corrected chi connectivity index (χ3v) is 2.44. The highest BCUT2D eigenvalue weighted by Crippen LogP contribution is 2.31. The third kappa shape index (κ3) is 1.35. The molecule has 1 aromatic carbocycles. The zero-order valence-electron chi connectivity index (χ0n) is 8.64. The van der Waals surface area contributed by atoms with Crippen LogP contribution in [-0.4, -0.2) is 11.4 Å². The monoisotopic (exact) mass is 190 g/mol.